The van der Waals surface area contributed by atoms with Crippen LogP contribution in [0.3, 0.4) is 0 Å². The molecule has 8 nitrogen and oxygen atoms in total. The molecule has 3 rings (SSSR count). The number of guanidine groups is 1. The van der Waals surface area contributed by atoms with Gasteiger partial charge in [-0.25, -0.2) is 19.3 Å². The van der Waals surface area contributed by atoms with Crippen molar-refractivity contribution in [3.63, 3.8) is 0 Å². The van der Waals surface area contributed by atoms with Gasteiger partial charge in [-0.3, -0.25) is 14.6 Å². The number of hydrogen-bond acceptors (Lipinski definition) is 6. The summed E-state index contributed by atoms with van der Waals surface area (Å²) in [6.45, 7) is 1.78. The number of aliphatic imine (C=N–C) groups is 1. The number of nitrogens with zero attached hydrogens (tertiary/aromatic N) is 3. The highest BCUT2D eigenvalue weighted by Gasteiger charge is 2.49. The maximum atomic E-state index is 14.6. The Labute approximate surface area is 194 Å². The van der Waals surface area contributed by atoms with Crippen molar-refractivity contribution in [2.75, 3.05) is 20.8 Å². The SMILES string of the molecule is CONC(N)=NCCC1(c2ccccc2)SC(c2cc(F)ccc2F)=NN1C(=O)C(C)OC. The Morgan fingerprint density at radius 1 is 1.27 bits per heavy atom. The summed E-state index contributed by atoms with van der Waals surface area (Å²) in [5.41, 5.74) is 8.88. The fourth-order valence-corrected chi connectivity index (χ4v) is 4.68. The summed E-state index contributed by atoms with van der Waals surface area (Å²) in [4.78, 5) is 21.2. The number of hydroxylamine groups is 1. The summed E-state index contributed by atoms with van der Waals surface area (Å²) >= 11 is 1.15. The number of thioether (sulfide) groups is 1. The molecule has 2 atom stereocenters. The number of ether oxygens (including phenoxy) is 1. The van der Waals surface area contributed by atoms with Gasteiger partial charge in [0.1, 0.15) is 27.7 Å². The molecule has 11 heteroatoms. The number of nitrogens with two attached hydrogens (primary N) is 1. The average molecular weight is 478 g/mol. The number of nitrogens with one attached hydrogen (secondary N) is 1. The number of amides is 1. The molecule has 0 aromatic heterocycles. The Balaban J connectivity index is 2.11. The number of halogens is 2. The molecule has 2 unspecified atom stereocenters. The van der Waals surface area contributed by atoms with Crippen molar-refractivity contribution in [1.29, 1.82) is 0 Å². The third kappa shape index (κ3) is 5.32. The molecule has 1 aliphatic rings. The largest absolute Gasteiger partial charge is 0.372 e. The van der Waals surface area contributed by atoms with Crippen LogP contribution in [0.1, 0.15) is 24.5 Å². The molecular weight excluding hydrogens is 452 g/mol. The number of rotatable bonds is 8. The quantitative estimate of drug-likeness (QED) is 0.344. The van der Waals surface area contributed by atoms with Gasteiger partial charge >= 0.3 is 0 Å². The third-order valence-corrected chi connectivity index (χ3v) is 6.48. The van der Waals surface area contributed by atoms with Crippen molar-refractivity contribution in [3.8, 4) is 0 Å². The van der Waals surface area contributed by atoms with E-state index < -0.39 is 28.5 Å². The maximum Gasteiger partial charge on any atom is 0.273 e. The van der Waals surface area contributed by atoms with E-state index in [0.717, 1.165) is 35.5 Å². The summed E-state index contributed by atoms with van der Waals surface area (Å²) in [5.74, 6) is -1.64. The number of hydrazone groups is 1. The minimum absolute atomic E-state index is 0.0373. The zero-order chi connectivity index (χ0) is 24.0. The predicted octanol–water partition coefficient (Wildman–Crippen LogP) is 2.95. The monoisotopic (exact) mass is 477 g/mol. The Kier molecular flexibility index (Phi) is 8.01. The fourth-order valence-electron chi connectivity index (χ4n) is 3.31. The van der Waals surface area contributed by atoms with E-state index in [0.29, 0.717) is 0 Å². The van der Waals surface area contributed by atoms with Crippen LogP contribution in [0.5, 0.6) is 0 Å². The van der Waals surface area contributed by atoms with Crippen LogP contribution in [0.25, 0.3) is 0 Å². The first-order valence-electron chi connectivity index (χ1n) is 10.1. The van der Waals surface area contributed by atoms with Crippen LogP contribution in [0.4, 0.5) is 8.78 Å². The molecule has 0 saturated heterocycles. The van der Waals surface area contributed by atoms with Gasteiger partial charge in [0.15, 0.2) is 0 Å². The zero-order valence-corrected chi connectivity index (χ0v) is 19.2. The number of carbonyl (C=O) groups excluding carboxylic acids is 1. The topological polar surface area (TPSA) is 102 Å². The molecule has 1 aliphatic heterocycles. The van der Waals surface area contributed by atoms with Crippen molar-refractivity contribution < 1.29 is 23.1 Å². The van der Waals surface area contributed by atoms with Crippen LogP contribution >= 0.6 is 11.8 Å². The standard InChI is InChI=1S/C22H25F2N5O3S/c1-14(31-2)20(30)29-22(15-7-5-4-6-8-15,11-12-26-21(25)28-32-3)33-19(27-29)17-13-16(23)9-10-18(17)24/h4-10,13-14H,11-12H2,1-3H3,(H3,25,26,28). The summed E-state index contributed by atoms with van der Waals surface area (Å²) in [7, 11) is 2.81. The Bertz CT molecular complexity index is 1050. The minimum Gasteiger partial charge on any atom is -0.372 e. The normalized spacial score (nSPS) is 19.4. The van der Waals surface area contributed by atoms with Gasteiger partial charge in [-0.2, -0.15) is 5.10 Å². The summed E-state index contributed by atoms with van der Waals surface area (Å²) in [5, 5.41) is 5.89. The van der Waals surface area contributed by atoms with Crippen molar-refractivity contribution in [2.45, 2.75) is 24.3 Å². The summed E-state index contributed by atoms with van der Waals surface area (Å²) in [6.07, 6.45) is -0.558. The predicted molar refractivity (Wildman–Crippen MR) is 123 cm³/mol. The first-order chi connectivity index (χ1) is 15.8. The average Bonchev–Trinajstić information content (AvgIpc) is 3.20. The van der Waals surface area contributed by atoms with Crippen LogP contribution in [0, 0.1) is 11.6 Å². The molecule has 0 aliphatic carbocycles. The Morgan fingerprint density at radius 3 is 2.67 bits per heavy atom. The molecule has 33 heavy (non-hydrogen) atoms. The lowest BCUT2D eigenvalue weighted by atomic mass is 10.0. The van der Waals surface area contributed by atoms with Crippen molar-refractivity contribution >= 4 is 28.7 Å². The van der Waals surface area contributed by atoms with Gasteiger partial charge < -0.3 is 10.5 Å². The number of hydrogen-bond donors (Lipinski definition) is 2. The van der Waals surface area contributed by atoms with Crippen LogP contribution in [-0.4, -0.2) is 48.8 Å². The zero-order valence-electron chi connectivity index (χ0n) is 18.4. The van der Waals surface area contributed by atoms with E-state index in [1.54, 1.807) is 6.92 Å². The van der Waals surface area contributed by atoms with E-state index >= 15 is 0 Å². The van der Waals surface area contributed by atoms with Crippen molar-refractivity contribution in [2.24, 2.45) is 15.8 Å². The lowest BCUT2D eigenvalue weighted by Gasteiger charge is -2.36. The van der Waals surface area contributed by atoms with E-state index in [2.05, 4.69) is 15.6 Å². The van der Waals surface area contributed by atoms with Crippen molar-refractivity contribution in [3.05, 3.63) is 71.3 Å². The second kappa shape index (κ2) is 10.7. The molecule has 1 heterocycles. The van der Waals surface area contributed by atoms with E-state index in [9.17, 15) is 13.6 Å². The van der Waals surface area contributed by atoms with Gasteiger partial charge in [0, 0.05) is 25.6 Å². The second-order valence-electron chi connectivity index (χ2n) is 7.13. The van der Waals surface area contributed by atoms with Crippen LogP contribution in [0.15, 0.2) is 58.6 Å². The van der Waals surface area contributed by atoms with E-state index in [1.807, 2.05) is 30.3 Å². The summed E-state index contributed by atoms with van der Waals surface area (Å²) in [6, 6.07) is 12.3. The highest BCUT2D eigenvalue weighted by Crippen LogP contribution is 2.50. The van der Waals surface area contributed by atoms with Crippen LogP contribution in [-0.2, 0) is 19.2 Å². The van der Waals surface area contributed by atoms with Crippen LogP contribution < -0.4 is 11.2 Å². The first-order valence-corrected chi connectivity index (χ1v) is 10.9. The molecular formula is C22H25F2N5O3S. The molecule has 1 amide bonds. The summed E-state index contributed by atoms with van der Waals surface area (Å²) < 4.78 is 33.8. The molecule has 0 bridgehead atoms. The Morgan fingerprint density at radius 2 is 2.00 bits per heavy atom. The third-order valence-electron chi connectivity index (χ3n) is 5.03. The number of methoxy groups -OCH3 is 1. The molecule has 2 aromatic rings. The molecule has 0 saturated carbocycles. The lowest BCUT2D eigenvalue weighted by Crippen LogP contribution is -2.46. The van der Waals surface area contributed by atoms with E-state index in [1.165, 1.54) is 19.2 Å². The molecule has 176 valence electrons. The number of benzene rings is 2. The molecule has 0 radical (unpaired) electrons. The van der Waals surface area contributed by atoms with Gasteiger partial charge in [0.2, 0.25) is 5.96 Å². The number of carbonyl (C=O) groups is 1. The van der Waals surface area contributed by atoms with Crippen molar-refractivity contribution in [1.82, 2.24) is 10.5 Å². The molecule has 3 N–H and O–H groups in total. The van der Waals surface area contributed by atoms with Gasteiger partial charge in [-0.05, 0) is 30.7 Å². The highest BCUT2D eigenvalue weighted by molar-refractivity contribution is 8.15. The maximum absolute atomic E-state index is 14.6. The first kappa shape index (κ1) is 24.6. The van der Waals surface area contributed by atoms with E-state index in [4.69, 9.17) is 15.3 Å². The van der Waals surface area contributed by atoms with Gasteiger partial charge in [0.05, 0.1) is 7.11 Å². The van der Waals surface area contributed by atoms with Gasteiger partial charge in [-0.1, -0.05) is 42.1 Å². The van der Waals surface area contributed by atoms with Gasteiger partial charge in [-0.15, -0.1) is 0 Å². The lowest BCUT2D eigenvalue weighted by molar-refractivity contribution is -0.144. The fraction of sp³-hybridized carbons (Fsp3) is 0.318. The molecule has 0 spiro atoms. The van der Waals surface area contributed by atoms with Gasteiger partial charge in [0.25, 0.3) is 5.91 Å². The minimum atomic E-state index is -1.10. The Hall–Kier alpha value is -3.02. The smallest absolute Gasteiger partial charge is 0.273 e. The van der Waals surface area contributed by atoms with E-state index in [-0.39, 0.29) is 29.5 Å². The molecule has 2 aromatic carbocycles. The second-order valence-corrected chi connectivity index (χ2v) is 8.40. The van der Waals surface area contributed by atoms with Crippen LogP contribution in [0.2, 0.25) is 0 Å². The molecule has 0 fully saturated rings. The highest BCUT2D eigenvalue weighted by atomic mass is 32.2.